The van der Waals surface area contributed by atoms with Crippen LogP contribution in [0.3, 0.4) is 0 Å². The van der Waals surface area contributed by atoms with Crippen LogP contribution in [-0.4, -0.2) is 46.4 Å². The van der Waals surface area contributed by atoms with Crippen molar-refractivity contribution in [2.24, 2.45) is 11.3 Å². The maximum atomic E-state index is 11.9. The van der Waals surface area contributed by atoms with E-state index in [-0.39, 0.29) is 23.7 Å². The van der Waals surface area contributed by atoms with Gasteiger partial charge < -0.3 is 14.6 Å². The summed E-state index contributed by atoms with van der Waals surface area (Å²) in [6.45, 7) is 6.66. The molecule has 1 aliphatic rings. The number of carbonyl (C=O) groups excluding carboxylic acids is 1. The second-order valence-corrected chi connectivity index (χ2v) is 8.58. The van der Waals surface area contributed by atoms with Crippen LogP contribution in [0.2, 0.25) is 5.02 Å². The minimum Gasteiger partial charge on any atom is -0.506 e. The van der Waals surface area contributed by atoms with E-state index in [1.54, 1.807) is 31.4 Å². The minimum absolute atomic E-state index is 0.127. The molecule has 1 aliphatic carbocycles. The largest absolute Gasteiger partial charge is 0.506 e. The Labute approximate surface area is 180 Å². The first-order valence-corrected chi connectivity index (χ1v) is 10.1. The molecule has 1 heterocycles. The highest BCUT2D eigenvalue weighted by Gasteiger charge is 2.30. The number of halogens is 1. The van der Waals surface area contributed by atoms with Gasteiger partial charge in [-0.25, -0.2) is 4.79 Å². The van der Waals surface area contributed by atoms with Crippen LogP contribution in [-0.2, 0) is 14.3 Å². The molecule has 1 atom stereocenters. The van der Waals surface area contributed by atoms with Crippen molar-refractivity contribution >= 4 is 34.3 Å². The molecule has 7 nitrogen and oxygen atoms in total. The molecule has 0 fully saturated rings. The Kier molecular flexibility index (Phi) is 6.63. The molecular weight excluding hydrogens is 406 g/mol. The summed E-state index contributed by atoms with van der Waals surface area (Å²) in [6.07, 6.45) is 5.61. The molecule has 0 radical (unpaired) electrons. The van der Waals surface area contributed by atoms with Crippen LogP contribution in [0.15, 0.2) is 47.8 Å². The fourth-order valence-electron chi connectivity index (χ4n) is 3.25. The van der Waals surface area contributed by atoms with Crippen molar-refractivity contribution in [2.75, 3.05) is 20.3 Å². The minimum atomic E-state index is -0.435. The van der Waals surface area contributed by atoms with Gasteiger partial charge in [0.1, 0.15) is 29.1 Å². The molecule has 3 rings (SSSR count). The second-order valence-electron chi connectivity index (χ2n) is 8.14. The fraction of sp³-hybridized carbons (Fsp3) is 0.409. The van der Waals surface area contributed by atoms with Crippen molar-refractivity contribution in [3.8, 4) is 0 Å². The Morgan fingerprint density at radius 3 is 2.73 bits per heavy atom. The molecule has 1 aromatic heterocycles. The summed E-state index contributed by atoms with van der Waals surface area (Å²) in [5.41, 5.74) is 2.37. The predicted octanol–water partition coefficient (Wildman–Crippen LogP) is 4.55. The van der Waals surface area contributed by atoms with Gasteiger partial charge in [-0.15, -0.1) is 15.0 Å². The zero-order valence-corrected chi connectivity index (χ0v) is 18.3. The third-order valence-electron chi connectivity index (χ3n) is 4.81. The van der Waals surface area contributed by atoms with Gasteiger partial charge in [-0.05, 0) is 41.7 Å². The van der Waals surface area contributed by atoms with Gasteiger partial charge in [-0.1, -0.05) is 38.4 Å². The molecule has 0 spiro atoms. The van der Waals surface area contributed by atoms with Gasteiger partial charge >= 0.3 is 5.97 Å². The van der Waals surface area contributed by atoms with Crippen LogP contribution in [0.5, 0.6) is 0 Å². The summed E-state index contributed by atoms with van der Waals surface area (Å²) in [4.78, 5) is 13.3. The quantitative estimate of drug-likeness (QED) is 0.410. The van der Waals surface area contributed by atoms with Crippen LogP contribution in [0.25, 0.3) is 16.7 Å². The van der Waals surface area contributed by atoms with Crippen molar-refractivity contribution in [3.05, 3.63) is 52.8 Å². The average Bonchev–Trinajstić information content (AvgIpc) is 3.09. The van der Waals surface area contributed by atoms with Crippen molar-refractivity contribution in [2.45, 2.75) is 27.2 Å². The van der Waals surface area contributed by atoms with Crippen LogP contribution < -0.4 is 0 Å². The number of fused-ring (bicyclic) bond motifs is 1. The number of methoxy groups -OCH3 is 1. The van der Waals surface area contributed by atoms with Gasteiger partial charge in [0, 0.05) is 24.1 Å². The van der Waals surface area contributed by atoms with Crippen molar-refractivity contribution in [3.63, 3.8) is 0 Å². The van der Waals surface area contributed by atoms with E-state index in [1.807, 2.05) is 26.8 Å². The van der Waals surface area contributed by atoms with Crippen molar-refractivity contribution in [1.29, 1.82) is 0 Å². The molecule has 2 aromatic rings. The number of benzene rings is 1. The van der Waals surface area contributed by atoms with Crippen molar-refractivity contribution in [1.82, 2.24) is 15.0 Å². The molecule has 1 aromatic carbocycles. The van der Waals surface area contributed by atoms with Crippen LogP contribution in [0.4, 0.5) is 0 Å². The van der Waals surface area contributed by atoms with Crippen molar-refractivity contribution < 1.29 is 19.4 Å². The van der Waals surface area contributed by atoms with Gasteiger partial charge in [-0.2, -0.15) is 0 Å². The first-order valence-electron chi connectivity index (χ1n) is 9.70. The second kappa shape index (κ2) is 9.02. The third-order valence-corrected chi connectivity index (χ3v) is 5.05. The van der Waals surface area contributed by atoms with E-state index >= 15 is 0 Å². The molecule has 0 bridgehead atoms. The van der Waals surface area contributed by atoms with Crippen LogP contribution in [0.1, 0.15) is 27.2 Å². The number of aromatic nitrogens is 3. The first kappa shape index (κ1) is 22.1. The summed E-state index contributed by atoms with van der Waals surface area (Å²) in [5.74, 6) is -0.408. The molecule has 1 unspecified atom stereocenters. The van der Waals surface area contributed by atoms with E-state index in [4.69, 9.17) is 21.1 Å². The average molecular weight is 432 g/mol. The summed E-state index contributed by atoms with van der Waals surface area (Å²) >= 11 is 6.05. The molecule has 0 saturated carbocycles. The SMILES string of the molecule is COCCOC(=O)C=CC1C=C(n2nc3ccc(Cl)cc3n2)C(O)=C(C(C)(C)C)C1. The number of hydrogen-bond acceptors (Lipinski definition) is 6. The standard InChI is InChI=1S/C22H26ClN3O4/c1-22(2,3)16-11-14(5-8-20(27)30-10-9-29-4)12-19(21(16)28)26-24-17-7-6-15(23)13-18(17)25-26/h5-8,12-14,28H,9-11H2,1-4H3. The lowest BCUT2D eigenvalue weighted by Crippen LogP contribution is -2.21. The van der Waals surface area contributed by atoms with Crippen LogP contribution >= 0.6 is 11.6 Å². The van der Waals surface area contributed by atoms with E-state index in [1.165, 1.54) is 10.9 Å². The number of esters is 1. The zero-order chi connectivity index (χ0) is 21.9. The van der Waals surface area contributed by atoms with E-state index in [0.717, 1.165) is 5.57 Å². The summed E-state index contributed by atoms with van der Waals surface area (Å²) in [5, 5.41) is 20.5. The molecular formula is C22H26ClN3O4. The normalized spacial score (nSPS) is 17.6. The highest BCUT2D eigenvalue weighted by Crippen LogP contribution is 2.40. The smallest absolute Gasteiger partial charge is 0.330 e. The maximum Gasteiger partial charge on any atom is 0.330 e. The monoisotopic (exact) mass is 431 g/mol. The van der Waals surface area contributed by atoms with Gasteiger partial charge in [0.15, 0.2) is 0 Å². The zero-order valence-electron chi connectivity index (χ0n) is 17.6. The molecule has 0 aliphatic heterocycles. The fourth-order valence-corrected chi connectivity index (χ4v) is 3.41. The Hall–Kier alpha value is -2.64. The number of hydrogen-bond donors (Lipinski definition) is 1. The highest BCUT2D eigenvalue weighted by molar-refractivity contribution is 6.31. The lowest BCUT2D eigenvalue weighted by molar-refractivity contribution is -0.139. The Bertz CT molecular complexity index is 1030. The van der Waals surface area contributed by atoms with E-state index in [9.17, 15) is 9.90 Å². The lowest BCUT2D eigenvalue weighted by Gasteiger charge is -2.30. The molecule has 0 amide bonds. The Balaban J connectivity index is 1.94. The number of ether oxygens (including phenoxy) is 2. The van der Waals surface area contributed by atoms with E-state index < -0.39 is 5.97 Å². The van der Waals surface area contributed by atoms with Crippen LogP contribution in [0, 0.1) is 11.3 Å². The Morgan fingerprint density at radius 2 is 2.03 bits per heavy atom. The molecule has 8 heteroatoms. The third kappa shape index (κ3) is 5.09. The molecule has 1 N–H and O–H groups in total. The molecule has 0 saturated heterocycles. The predicted molar refractivity (Wildman–Crippen MR) is 116 cm³/mol. The number of aliphatic hydroxyl groups is 1. The van der Waals surface area contributed by atoms with Gasteiger partial charge in [0.2, 0.25) is 0 Å². The lowest BCUT2D eigenvalue weighted by atomic mass is 9.77. The summed E-state index contributed by atoms with van der Waals surface area (Å²) in [7, 11) is 1.55. The van der Waals surface area contributed by atoms with Gasteiger partial charge in [0.05, 0.1) is 6.61 Å². The first-order chi connectivity index (χ1) is 14.2. The van der Waals surface area contributed by atoms with E-state index in [0.29, 0.717) is 34.8 Å². The van der Waals surface area contributed by atoms with Gasteiger partial charge in [-0.3, -0.25) is 0 Å². The molecule has 160 valence electrons. The number of nitrogens with zero attached hydrogens (tertiary/aromatic N) is 3. The van der Waals surface area contributed by atoms with Gasteiger partial charge in [0.25, 0.3) is 0 Å². The maximum absolute atomic E-state index is 11.9. The highest BCUT2D eigenvalue weighted by atomic mass is 35.5. The Morgan fingerprint density at radius 1 is 1.30 bits per heavy atom. The van der Waals surface area contributed by atoms with E-state index in [2.05, 4.69) is 10.2 Å². The summed E-state index contributed by atoms with van der Waals surface area (Å²) in [6, 6.07) is 5.25. The summed E-state index contributed by atoms with van der Waals surface area (Å²) < 4.78 is 9.95. The number of carbonyl (C=O) groups is 1. The number of allylic oxidation sites excluding steroid dienone is 4. The number of rotatable bonds is 6. The topological polar surface area (TPSA) is 86.5 Å². The number of aliphatic hydroxyl groups excluding tert-OH is 1. The molecule has 30 heavy (non-hydrogen) atoms.